The third-order valence-electron chi connectivity index (χ3n) is 4.49. The standard InChI is InChI=1S/C18H21NO2/c20-12-14-7-2-4-11-17(14)19-18(21)16-10-5-8-13-6-1-3-9-15(13)16/h1,3,5-6,8-10,14,17,20H,2,4,7,11-12H2,(H,19,21). The van der Waals surface area contributed by atoms with Crippen LogP contribution in [-0.4, -0.2) is 23.7 Å². The van der Waals surface area contributed by atoms with Crippen molar-refractivity contribution in [3.05, 3.63) is 48.0 Å². The number of nitrogens with one attached hydrogen (secondary N) is 1. The maximum atomic E-state index is 12.6. The van der Waals surface area contributed by atoms with E-state index in [0.29, 0.717) is 0 Å². The van der Waals surface area contributed by atoms with Crippen LogP contribution in [0.15, 0.2) is 42.5 Å². The van der Waals surface area contributed by atoms with E-state index in [1.165, 1.54) is 0 Å². The lowest BCUT2D eigenvalue weighted by molar-refractivity contribution is 0.0874. The van der Waals surface area contributed by atoms with E-state index in [9.17, 15) is 9.90 Å². The molecule has 2 aromatic rings. The van der Waals surface area contributed by atoms with Crippen molar-refractivity contribution < 1.29 is 9.90 Å². The Morgan fingerprint density at radius 3 is 2.71 bits per heavy atom. The Morgan fingerprint density at radius 1 is 1.10 bits per heavy atom. The molecule has 3 rings (SSSR count). The van der Waals surface area contributed by atoms with Gasteiger partial charge in [0.05, 0.1) is 0 Å². The van der Waals surface area contributed by atoms with Crippen LogP contribution in [0.1, 0.15) is 36.0 Å². The molecule has 0 bridgehead atoms. The van der Waals surface area contributed by atoms with E-state index in [0.717, 1.165) is 42.0 Å². The number of benzene rings is 2. The van der Waals surface area contributed by atoms with Gasteiger partial charge in [-0.3, -0.25) is 4.79 Å². The van der Waals surface area contributed by atoms with Crippen molar-refractivity contribution in [3.8, 4) is 0 Å². The van der Waals surface area contributed by atoms with E-state index in [1.807, 2.05) is 42.5 Å². The molecule has 2 aromatic carbocycles. The Hall–Kier alpha value is -1.87. The first-order chi connectivity index (χ1) is 10.3. The Balaban J connectivity index is 1.84. The summed E-state index contributed by atoms with van der Waals surface area (Å²) in [6.07, 6.45) is 4.22. The van der Waals surface area contributed by atoms with Gasteiger partial charge >= 0.3 is 0 Å². The van der Waals surface area contributed by atoms with Gasteiger partial charge in [-0.2, -0.15) is 0 Å². The van der Waals surface area contributed by atoms with Gasteiger partial charge in [-0.1, -0.05) is 49.2 Å². The third kappa shape index (κ3) is 2.93. The Morgan fingerprint density at radius 2 is 1.86 bits per heavy atom. The van der Waals surface area contributed by atoms with E-state index >= 15 is 0 Å². The van der Waals surface area contributed by atoms with Gasteiger partial charge in [0, 0.05) is 24.1 Å². The number of aliphatic hydroxyl groups excluding tert-OH is 1. The number of carbonyl (C=O) groups is 1. The lowest BCUT2D eigenvalue weighted by Gasteiger charge is -2.31. The van der Waals surface area contributed by atoms with Crippen LogP contribution < -0.4 is 5.32 Å². The average molecular weight is 283 g/mol. The van der Waals surface area contributed by atoms with Crippen LogP contribution in [0.2, 0.25) is 0 Å². The molecule has 21 heavy (non-hydrogen) atoms. The normalized spacial score (nSPS) is 22.1. The zero-order chi connectivity index (χ0) is 14.7. The molecule has 2 atom stereocenters. The first kappa shape index (κ1) is 14.1. The summed E-state index contributed by atoms with van der Waals surface area (Å²) in [4.78, 5) is 12.6. The van der Waals surface area contributed by atoms with Crippen molar-refractivity contribution in [1.29, 1.82) is 0 Å². The SMILES string of the molecule is O=C(NC1CCCCC1CO)c1cccc2ccccc12. The number of hydrogen-bond acceptors (Lipinski definition) is 2. The van der Waals surface area contributed by atoms with Crippen LogP contribution in [0.25, 0.3) is 10.8 Å². The van der Waals surface area contributed by atoms with Gasteiger partial charge < -0.3 is 10.4 Å². The molecule has 1 aliphatic rings. The van der Waals surface area contributed by atoms with Crippen molar-refractivity contribution in [2.24, 2.45) is 5.92 Å². The summed E-state index contributed by atoms with van der Waals surface area (Å²) in [5.74, 6) is 0.162. The molecule has 0 heterocycles. The average Bonchev–Trinajstić information content (AvgIpc) is 2.54. The second kappa shape index (κ2) is 6.27. The predicted molar refractivity (Wildman–Crippen MR) is 84.2 cm³/mol. The highest BCUT2D eigenvalue weighted by molar-refractivity contribution is 6.07. The Labute approximate surface area is 125 Å². The first-order valence-electron chi connectivity index (χ1n) is 7.69. The lowest BCUT2D eigenvalue weighted by Crippen LogP contribution is -2.43. The van der Waals surface area contributed by atoms with E-state index in [4.69, 9.17) is 0 Å². The number of amides is 1. The van der Waals surface area contributed by atoms with Gasteiger partial charge in [0.1, 0.15) is 0 Å². The Bertz CT molecular complexity index is 633. The molecule has 0 spiro atoms. The second-order valence-electron chi connectivity index (χ2n) is 5.83. The topological polar surface area (TPSA) is 49.3 Å². The summed E-state index contributed by atoms with van der Waals surface area (Å²) in [6.45, 7) is 0.153. The molecule has 3 heteroatoms. The van der Waals surface area contributed by atoms with Gasteiger partial charge in [0.15, 0.2) is 0 Å². The number of carbonyl (C=O) groups excluding carboxylic acids is 1. The van der Waals surface area contributed by atoms with Crippen molar-refractivity contribution in [1.82, 2.24) is 5.32 Å². The molecule has 1 amide bonds. The molecule has 1 saturated carbocycles. The summed E-state index contributed by atoms with van der Waals surface area (Å²) in [5, 5.41) is 14.7. The molecule has 110 valence electrons. The van der Waals surface area contributed by atoms with Crippen LogP contribution >= 0.6 is 0 Å². The number of aliphatic hydroxyl groups is 1. The van der Waals surface area contributed by atoms with Gasteiger partial charge in [0.25, 0.3) is 5.91 Å². The van der Waals surface area contributed by atoms with Crippen LogP contribution in [-0.2, 0) is 0 Å². The predicted octanol–water partition coefficient (Wildman–Crippen LogP) is 3.12. The highest BCUT2D eigenvalue weighted by Crippen LogP contribution is 2.25. The van der Waals surface area contributed by atoms with Crippen LogP contribution in [0.4, 0.5) is 0 Å². The minimum Gasteiger partial charge on any atom is -0.396 e. The molecule has 0 radical (unpaired) electrons. The summed E-state index contributed by atoms with van der Waals surface area (Å²) in [7, 11) is 0. The lowest BCUT2D eigenvalue weighted by atomic mass is 9.85. The third-order valence-corrected chi connectivity index (χ3v) is 4.49. The fourth-order valence-electron chi connectivity index (χ4n) is 3.29. The highest BCUT2D eigenvalue weighted by Gasteiger charge is 2.26. The van der Waals surface area contributed by atoms with Gasteiger partial charge in [0.2, 0.25) is 0 Å². The first-order valence-corrected chi connectivity index (χ1v) is 7.69. The van der Waals surface area contributed by atoms with Crippen LogP contribution in [0, 0.1) is 5.92 Å². The molecule has 2 unspecified atom stereocenters. The molecule has 1 fully saturated rings. The minimum absolute atomic E-state index is 0.0304. The maximum absolute atomic E-state index is 12.6. The molecular formula is C18H21NO2. The molecule has 3 nitrogen and oxygen atoms in total. The molecule has 0 aromatic heterocycles. The van der Waals surface area contributed by atoms with Crippen LogP contribution in [0.5, 0.6) is 0 Å². The van der Waals surface area contributed by atoms with E-state index in [2.05, 4.69) is 5.32 Å². The molecule has 1 aliphatic carbocycles. The van der Waals surface area contributed by atoms with Crippen molar-refractivity contribution >= 4 is 16.7 Å². The summed E-state index contributed by atoms with van der Waals surface area (Å²) < 4.78 is 0. The fourth-order valence-corrected chi connectivity index (χ4v) is 3.29. The quantitative estimate of drug-likeness (QED) is 0.909. The highest BCUT2D eigenvalue weighted by atomic mass is 16.3. The van der Waals surface area contributed by atoms with Crippen molar-refractivity contribution in [2.45, 2.75) is 31.7 Å². The fraction of sp³-hybridized carbons (Fsp3) is 0.389. The monoisotopic (exact) mass is 283 g/mol. The minimum atomic E-state index is -0.0304. The number of rotatable bonds is 3. The molecule has 0 saturated heterocycles. The smallest absolute Gasteiger partial charge is 0.252 e. The summed E-state index contributed by atoms with van der Waals surface area (Å²) in [6, 6.07) is 13.8. The number of hydrogen-bond donors (Lipinski definition) is 2. The van der Waals surface area contributed by atoms with Gasteiger partial charge in [-0.15, -0.1) is 0 Å². The maximum Gasteiger partial charge on any atom is 0.252 e. The molecular weight excluding hydrogens is 262 g/mol. The van der Waals surface area contributed by atoms with E-state index < -0.39 is 0 Å². The van der Waals surface area contributed by atoms with Gasteiger partial charge in [-0.05, 0) is 29.7 Å². The van der Waals surface area contributed by atoms with E-state index in [1.54, 1.807) is 0 Å². The second-order valence-corrected chi connectivity index (χ2v) is 5.83. The zero-order valence-electron chi connectivity index (χ0n) is 12.1. The van der Waals surface area contributed by atoms with E-state index in [-0.39, 0.29) is 24.5 Å². The van der Waals surface area contributed by atoms with Crippen LogP contribution in [0.3, 0.4) is 0 Å². The molecule has 2 N–H and O–H groups in total. The van der Waals surface area contributed by atoms with Crippen molar-refractivity contribution in [3.63, 3.8) is 0 Å². The summed E-state index contributed by atoms with van der Waals surface area (Å²) >= 11 is 0. The van der Waals surface area contributed by atoms with Crippen molar-refractivity contribution in [2.75, 3.05) is 6.61 Å². The largest absolute Gasteiger partial charge is 0.396 e. The number of fused-ring (bicyclic) bond motifs is 1. The summed E-state index contributed by atoms with van der Waals surface area (Å²) in [5.41, 5.74) is 0.718. The Kier molecular flexibility index (Phi) is 4.20. The zero-order valence-corrected chi connectivity index (χ0v) is 12.1. The van der Waals surface area contributed by atoms with Gasteiger partial charge in [-0.25, -0.2) is 0 Å². The molecule has 0 aliphatic heterocycles.